The normalized spacial score (nSPS) is 23.3. The second kappa shape index (κ2) is 8.16. The van der Waals surface area contributed by atoms with E-state index in [1.807, 2.05) is 42.5 Å². The maximum Gasteiger partial charge on any atom is 0.410 e. The minimum atomic E-state index is -0.547. The van der Waals surface area contributed by atoms with Crippen LogP contribution in [0.3, 0.4) is 0 Å². The minimum Gasteiger partial charge on any atom is -0.448 e. The molecule has 3 atom stereocenters. The first-order chi connectivity index (χ1) is 16.2. The summed E-state index contributed by atoms with van der Waals surface area (Å²) in [7, 11) is 0. The van der Waals surface area contributed by atoms with Crippen LogP contribution in [-0.4, -0.2) is 48.7 Å². The quantitative estimate of drug-likeness (QED) is 0.603. The van der Waals surface area contributed by atoms with Gasteiger partial charge in [0, 0.05) is 18.4 Å². The maximum absolute atomic E-state index is 13.2. The average Bonchev–Trinajstić information content (AvgIpc) is 3.51. The van der Waals surface area contributed by atoms with Gasteiger partial charge in [0.1, 0.15) is 19.3 Å². The highest BCUT2D eigenvalue weighted by atomic mass is 16.6. The lowest BCUT2D eigenvalue weighted by molar-refractivity contribution is -0.121. The Bertz CT molecular complexity index is 1160. The standard InChI is InChI=1S/C28H25NO4/c30-25-17-32-27-19(14-18-8-2-1-3-9-18)15-29(26(25)27)28(31)33-16-24-22-12-6-4-10-20(22)21-11-5-7-13-23(21)24/h1-13,19,24,26-27H,14-17H2/t19-,26+,27+/m0/s1. The molecule has 166 valence electrons. The summed E-state index contributed by atoms with van der Waals surface area (Å²) >= 11 is 0. The maximum atomic E-state index is 13.2. The van der Waals surface area contributed by atoms with E-state index < -0.39 is 12.1 Å². The van der Waals surface area contributed by atoms with E-state index >= 15 is 0 Å². The first-order valence-electron chi connectivity index (χ1n) is 11.5. The van der Waals surface area contributed by atoms with Gasteiger partial charge in [0.05, 0.1) is 6.10 Å². The highest BCUT2D eigenvalue weighted by Crippen LogP contribution is 2.44. The van der Waals surface area contributed by atoms with Crippen LogP contribution in [0.4, 0.5) is 4.79 Å². The molecule has 0 unspecified atom stereocenters. The van der Waals surface area contributed by atoms with Gasteiger partial charge in [0.2, 0.25) is 0 Å². The molecule has 3 aliphatic rings. The van der Waals surface area contributed by atoms with Crippen LogP contribution >= 0.6 is 0 Å². The fourth-order valence-corrected chi connectivity index (χ4v) is 5.72. The third kappa shape index (κ3) is 3.44. The summed E-state index contributed by atoms with van der Waals surface area (Å²) < 4.78 is 11.7. The summed E-state index contributed by atoms with van der Waals surface area (Å²) in [6.07, 6.45) is 0.0714. The van der Waals surface area contributed by atoms with E-state index in [4.69, 9.17) is 9.47 Å². The molecule has 33 heavy (non-hydrogen) atoms. The van der Waals surface area contributed by atoms with Gasteiger partial charge in [-0.1, -0.05) is 78.9 Å². The molecule has 2 fully saturated rings. The lowest BCUT2D eigenvalue weighted by Gasteiger charge is -2.22. The predicted molar refractivity (Wildman–Crippen MR) is 124 cm³/mol. The minimum absolute atomic E-state index is 0.00426. The number of Topliss-reactive ketones (excluding diaryl/α,β-unsaturated/α-hetero) is 1. The van der Waals surface area contributed by atoms with Gasteiger partial charge in [0.15, 0.2) is 5.78 Å². The largest absolute Gasteiger partial charge is 0.448 e. The molecule has 2 aliphatic heterocycles. The van der Waals surface area contributed by atoms with Crippen molar-refractivity contribution < 1.29 is 19.1 Å². The molecular formula is C28H25NO4. The Hall–Kier alpha value is -3.44. The highest BCUT2D eigenvalue weighted by Gasteiger charge is 2.52. The van der Waals surface area contributed by atoms with E-state index in [1.165, 1.54) is 27.8 Å². The molecule has 5 heteroatoms. The van der Waals surface area contributed by atoms with Crippen molar-refractivity contribution in [2.45, 2.75) is 24.5 Å². The molecule has 1 amide bonds. The SMILES string of the molecule is O=C1CO[C@@H]2[C@@H](Cc3ccccc3)CN(C(=O)OCC3c4ccccc4-c4ccccc43)[C@H]12. The summed E-state index contributed by atoms with van der Waals surface area (Å²) in [5, 5.41) is 0. The summed E-state index contributed by atoms with van der Waals surface area (Å²) in [5.74, 6) is 0.0313. The van der Waals surface area contributed by atoms with Crippen LogP contribution in [0.5, 0.6) is 0 Å². The number of fused-ring (bicyclic) bond motifs is 4. The smallest absolute Gasteiger partial charge is 0.410 e. The number of benzene rings is 3. The van der Waals surface area contributed by atoms with Crippen LogP contribution in [0.2, 0.25) is 0 Å². The molecule has 0 N–H and O–H groups in total. The molecule has 3 aromatic rings. The fourth-order valence-electron chi connectivity index (χ4n) is 5.72. The zero-order valence-electron chi connectivity index (χ0n) is 18.2. The number of hydrogen-bond donors (Lipinski definition) is 0. The van der Waals surface area contributed by atoms with E-state index in [9.17, 15) is 9.59 Å². The highest BCUT2D eigenvalue weighted by molar-refractivity contribution is 5.91. The lowest BCUT2D eigenvalue weighted by Crippen LogP contribution is -2.42. The Kier molecular flexibility index (Phi) is 4.99. The van der Waals surface area contributed by atoms with Crippen molar-refractivity contribution in [3.8, 4) is 11.1 Å². The fraction of sp³-hybridized carbons (Fsp3) is 0.286. The van der Waals surface area contributed by atoms with Gasteiger partial charge >= 0.3 is 6.09 Å². The number of nitrogens with zero attached hydrogens (tertiary/aromatic N) is 1. The van der Waals surface area contributed by atoms with Crippen LogP contribution in [0.15, 0.2) is 78.9 Å². The van der Waals surface area contributed by atoms with Gasteiger partial charge < -0.3 is 9.47 Å². The number of likely N-dealkylation sites (tertiary alicyclic amines) is 1. The number of ether oxygens (including phenoxy) is 2. The third-order valence-electron chi connectivity index (χ3n) is 7.20. The summed E-state index contributed by atoms with van der Waals surface area (Å²) in [6, 6.07) is 26.1. The summed E-state index contributed by atoms with van der Waals surface area (Å²) in [5.41, 5.74) is 5.91. The zero-order chi connectivity index (χ0) is 22.4. The number of amides is 1. The summed E-state index contributed by atoms with van der Waals surface area (Å²) in [6.45, 7) is 0.777. The van der Waals surface area contributed by atoms with Gasteiger partial charge in [-0.15, -0.1) is 0 Å². The monoisotopic (exact) mass is 439 g/mol. The summed E-state index contributed by atoms with van der Waals surface area (Å²) in [4.78, 5) is 27.4. The van der Waals surface area contributed by atoms with Crippen molar-refractivity contribution in [1.29, 1.82) is 0 Å². The molecular weight excluding hydrogens is 414 g/mol. The number of carbonyl (C=O) groups excluding carboxylic acids is 2. The van der Waals surface area contributed by atoms with Gasteiger partial charge in [-0.05, 0) is 34.2 Å². The third-order valence-corrected chi connectivity index (χ3v) is 7.20. The van der Waals surface area contributed by atoms with Crippen molar-refractivity contribution in [1.82, 2.24) is 4.90 Å². The van der Waals surface area contributed by atoms with Crippen LogP contribution < -0.4 is 0 Å². The molecule has 2 heterocycles. The van der Waals surface area contributed by atoms with Crippen LogP contribution in [0.1, 0.15) is 22.6 Å². The van der Waals surface area contributed by atoms with Gasteiger partial charge in [0.25, 0.3) is 0 Å². The Morgan fingerprint density at radius 3 is 2.24 bits per heavy atom. The first-order valence-corrected chi connectivity index (χ1v) is 11.5. The van der Waals surface area contributed by atoms with Crippen molar-refractivity contribution in [3.05, 3.63) is 95.6 Å². The van der Waals surface area contributed by atoms with Crippen molar-refractivity contribution in [3.63, 3.8) is 0 Å². The Labute approximate surface area is 192 Å². The van der Waals surface area contributed by atoms with Gasteiger partial charge in [-0.2, -0.15) is 0 Å². The van der Waals surface area contributed by atoms with E-state index in [1.54, 1.807) is 4.90 Å². The van der Waals surface area contributed by atoms with Crippen LogP contribution in [0.25, 0.3) is 11.1 Å². The molecule has 2 saturated heterocycles. The molecule has 0 saturated carbocycles. The topological polar surface area (TPSA) is 55.8 Å². The van der Waals surface area contributed by atoms with Crippen molar-refractivity contribution >= 4 is 11.9 Å². The van der Waals surface area contributed by atoms with E-state index in [0.717, 1.165) is 6.42 Å². The molecule has 5 nitrogen and oxygen atoms in total. The Morgan fingerprint density at radius 2 is 1.55 bits per heavy atom. The average molecular weight is 440 g/mol. The number of hydrogen-bond acceptors (Lipinski definition) is 4. The van der Waals surface area contributed by atoms with Crippen LogP contribution in [0, 0.1) is 5.92 Å². The van der Waals surface area contributed by atoms with E-state index in [-0.39, 0.29) is 36.9 Å². The number of rotatable bonds is 4. The molecule has 0 radical (unpaired) electrons. The number of carbonyl (C=O) groups is 2. The molecule has 0 spiro atoms. The molecule has 0 bridgehead atoms. The second-order valence-electron chi connectivity index (χ2n) is 9.09. The molecule has 6 rings (SSSR count). The second-order valence-corrected chi connectivity index (χ2v) is 9.09. The first kappa shape index (κ1) is 20.2. The van der Waals surface area contributed by atoms with Crippen LogP contribution in [-0.2, 0) is 20.7 Å². The predicted octanol–water partition coefficient (Wildman–Crippen LogP) is 4.45. The lowest BCUT2D eigenvalue weighted by atomic mass is 9.94. The molecule has 3 aromatic carbocycles. The van der Waals surface area contributed by atoms with E-state index in [0.29, 0.717) is 6.54 Å². The zero-order valence-corrected chi connectivity index (χ0v) is 18.2. The Morgan fingerprint density at radius 1 is 0.909 bits per heavy atom. The number of ketones is 1. The van der Waals surface area contributed by atoms with Crippen molar-refractivity contribution in [2.75, 3.05) is 19.8 Å². The van der Waals surface area contributed by atoms with Crippen molar-refractivity contribution in [2.24, 2.45) is 5.92 Å². The van der Waals surface area contributed by atoms with Gasteiger partial charge in [-0.3, -0.25) is 9.69 Å². The van der Waals surface area contributed by atoms with E-state index in [2.05, 4.69) is 36.4 Å². The molecule has 1 aliphatic carbocycles. The van der Waals surface area contributed by atoms with Gasteiger partial charge in [-0.25, -0.2) is 4.79 Å². The Balaban J connectivity index is 1.20. The molecule has 0 aromatic heterocycles.